The van der Waals surface area contributed by atoms with Gasteiger partial charge in [0.25, 0.3) is 0 Å². The molecule has 2 aromatic rings. The maximum Gasteiger partial charge on any atom is 0.178 e. The lowest BCUT2D eigenvalue weighted by molar-refractivity contribution is 0.00298. The third kappa shape index (κ3) is 2.58. The van der Waals surface area contributed by atoms with Crippen LogP contribution in [0.3, 0.4) is 0 Å². The second-order valence-corrected chi connectivity index (χ2v) is 4.60. The number of pyridine rings is 1. The molecule has 1 N–H and O–H groups in total. The fraction of sp³-hybridized carbons (Fsp3) is 0.462. The van der Waals surface area contributed by atoms with Gasteiger partial charge in [-0.25, -0.2) is 14.6 Å². The molecule has 3 rings (SSSR count). The Morgan fingerprint density at radius 3 is 3.11 bits per heavy atom. The Hall–Kier alpha value is -1.95. The second-order valence-electron chi connectivity index (χ2n) is 4.60. The summed E-state index contributed by atoms with van der Waals surface area (Å²) in [5, 5.41) is 7.61. The Labute approximate surface area is 111 Å². The number of nitrogens with zero attached hydrogens (tertiary/aromatic N) is 4. The van der Waals surface area contributed by atoms with Crippen LogP contribution in [-0.2, 0) is 4.74 Å². The highest BCUT2D eigenvalue weighted by molar-refractivity contribution is 5.56. The lowest BCUT2D eigenvalue weighted by Crippen LogP contribution is -2.41. The summed E-state index contributed by atoms with van der Waals surface area (Å²) in [4.78, 5) is 8.31. The summed E-state index contributed by atoms with van der Waals surface area (Å²) in [5.74, 6) is 0.778. The van der Waals surface area contributed by atoms with Gasteiger partial charge in [-0.15, -0.1) is 0 Å². The molecule has 0 saturated heterocycles. The molecule has 0 radical (unpaired) electrons. The maximum atomic E-state index is 5.57. The molecular weight excluding hydrogens is 242 g/mol. The van der Waals surface area contributed by atoms with Gasteiger partial charge in [0, 0.05) is 18.8 Å². The van der Waals surface area contributed by atoms with Crippen molar-refractivity contribution in [2.45, 2.75) is 31.9 Å². The monoisotopic (exact) mass is 259 g/mol. The van der Waals surface area contributed by atoms with E-state index in [1.807, 2.05) is 19.1 Å². The summed E-state index contributed by atoms with van der Waals surface area (Å²) >= 11 is 0. The predicted molar refractivity (Wildman–Crippen MR) is 71.2 cm³/mol. The van der Waals surface area contributed by atoms with Crippen molar-refractivity contribution >= 4 is 5.69 Å². The first-order chi connectivity index (χ1) is 9.36. The summed E-state index contributed by atoms with van der Waals surface area (Å²) in [6, 6.07) is 4.38. The summed E-state index contributed by atoms with van der Waals surface area (Å²) in [6.07, 6.45) is 7.39. The Morgan fingerprint density at radius 1 is 1.47 bits per heavy atom. The van der Waals surface area contributed by atoms with Crippen LogP contribution in [0, 0.1) is 0 Å². The minimum Gasteiger partial charge on any atom is -0.379 e. The molecule has 6 heteroatoms. The molecule has 100 valence electrons. The summed E-state index contributed by atoms with van der Waals surface area (Å²) in [6.45, 7) is 2.82. The van der Waals surface area contributed by atoms with Gasteiger partial charge in [-0.3, -0.25) is 0 Å². The van der Waals surface area contributed by atoms with Crippen LogP contribution in [0.2, 0.25) is 0 Å². The molecule has 1 saturated carbocycles. The van der Waals surface area contributed by atoms with Gasteiger partial charge in [-0.05, 0) is 31.9 Å². The third-order valence-corrected chi connectivity index (χ3v) is 3.28. The van der Waals surface area contributed by atoms with Crippen LogP contribution in [-0.4, -0.2) is 38.5 Å². The van der Waals surface area contributed by atoms with E-state index in [0.717, 1.165) is 31.0 Å². The van der Waals surface area contributed by atoms with Crippen LogP contribution in [0.1, 0.15) is 19.8 Å². The van der Waals surface area contributed by atoms with Crippen molar-refractivity contribution in [2.24, 2.45) is 0 Å². The van der Waals surface area contributed by atoms with Crippen molar-refractivity contribution in [3.63, 3.8) is 0 Å². The minimum atomic E-state index is 0.397. The van der Waals surface area contributed by atoms with Crippen molar-refractivity contribution in [3.8, 4) is 5.82 Å². The Morgan fingerprint density at radius 2 is 2.37 bits per heavy atom. The summed E-state index contributed by atoms with van der Waals surface area (Å²) < 4.78 is 7.23. The molecule has 0 amide bonds. The van der Waals surface area contributed by atoms with E-state index in [1.54, 1.807) is 17.2 Å². The summed E-state index contributed by atoms with van der Waals surface area (Å²) in [7, 11) is 0. The Balaban J connectivity index is 1.69. The molecule has 0 bridgehead atoms. The second kappa shape index (κ2) is 5.36. The fourth-order valence-corrected chi connectivity index (χ4v) is 2.28. The highest BCUT2D eigenvalue weighted by Crippen LogP contribution is 2.28. The van der Waals surface area contributed by atoms with Crippen molar-refractivity contribution < 1.29 is 4.74 Å². The highest BCUT2D eigenvalue weighted by Gasteiger charge is 2.30. The van der Waals surface area contributed by atoms with Crippen LogP contribution < -0.4 is 5.32 Å². The topological polar surface area (TPSA) is 64.9 Å². The molecule has 6 nitrogen and oxygen atoms in total. The van der Waals surface area contributed by atoms with Crippen molar-refractivity contribution in [2.75, 3.05) is 11.9 Å². The molecule has 1 fully saturated rings. The van der Waals surface area contributed by atoms with Crippen LogP contribution in [0.25, 0.3) is 5.82 Å². The quantitative estimate of drug-likeness (QED) is 0.884. The normalized spacial score (nSPS) is 21.9. The van der Waals surface area contributed by atoms with E-state index in [0.29, 0.717) is 12.1 Å². The fourth-order valence-electron chi connectivity index (χ4n) is 2.28. The molecule has 0 aliphatic heterocycles. The predicted octanol–water partition coefficient (Wildman–Crippen LogP) is 1.64. The van der Waals surface area contributed by atoms with Crippen molar-refractivity contribution in [3.05, 3.63) is 31.0 Å². The Kier molecular flexibility index (Phi) is 3.41. The van der Waals surface area contributed by atoms with Crippen molar-refractivity contribution in [1.29, 1.82) is 0 Å². The number of anilines is 1. The zero-order valence-corrected chi connectivity index (χ0v) is 10.9. The number of hydrogen-bond acceptors (Lipinski definition) is 5. The maximum absolute atomic E-state index is 5.57. The van der Waals surface area contributed by atoms with Gasteiger partial charge in [0.2, 0.25) is 0 Å². The highest BCUT2D eigenvalue weighted by atomic mass is 16.5. The first-order valence-corrected chi connectivity index (χ1v) is 6.55. The standard InChI is InChI=1S/C13H17N5O/c1-2-19-11-6-10(7-11)17-12-4-3-5-15-13(12)18-9-14-8-16-18/h3-5,8-11,17H,2,6-7H2,1H3. The van der Waals surface area contributed by atoms with E-state index in [2.05, 4.69) is 20.4 Å². The van der Waals surface area contributed by atoms with E-state index in [-0.39, 0.29) is 0 Å². The van der Waals surface area contributed by atoms with E-state index in [9.17, 15) is 0 Å². The van der Waals surface area contributed by atoms with Gasteiger partial charge < -0.3 is 10.1 Å². The first kappa shape index (κ1) is 12.1. The molecule has 0 atom stereocenters. The molecule has 1 aliphatic carbocycles. The van der Waals surface area contributed by atoms with Gasteiger partial charge in [0.05, 0.1) is 11.8 Å². The smallest absolute Gasteiger partial charge is 0.178 e. The average Bonchev–Trinajstić information content (AvgIpc) is 2.91. The number of hydrogen-bond donors (Lipinski definition) is 1. The SMILES string of the molecule is CCOC1CC(Nc2cccnc2-n2cncn2)C1. The number of rotatable bonds is 5. The van der Waals surface area contributed by atoms with Gasteiger partial charge in [0.1, 0.15) is 12.7 Å². The molecular formula is C13H17N5O. The Bertz CT molecular complexity index is 522. The van der Waals surface area contributed by atoms with E-state index in [4.69, 9.17) is 4.74 Å². The minimum absolute atomic E-state index is 0.397. The first-order valence-electron chi connectivity index (χ1n) is 6.55. The third-order valence-electron chi connectivity index (χ3n) is 3.28. The number of ether oxygens (including phenoxy) is 1. The lowest BCUT2D eigenvalue weighted by Gasteiger charge is -2.36. The van der Waals surface area contributed by atoms with Gasteiger partial charge in [-0.2, -0.15) is 5.10 Å². The molecule has 1 aliphatic rings. The van der Waals surface area contributed by atoms with E-state index < -0.39 is 0 Å². The van der Waals surface area contributed by atoms with Crippen LogP contribution in [0.5, 0.6) is 0 Å². The molecule has 2 aromatic heterocycles. The zero-order chi connectivity index (χ0) is 13.1. The zero-order valence-electron chi connectivity index (χ0n) is 10.9. The van der Waals surface area contributed by atoms with Gasteiger partial charge in [-0.1, -0.05) is 0 Å². The average molecular weight is 259 g/mol. The number of nitrogens with one attached hydrogen (secondary N) is 1. The molecule has 2 heterocycles. The van der Waals surface area contributed by atoms with E-state index >= 15 is 0 Å². The largest absolute Gasteiger partial charge is 0.379 e. The van der Waals surface area contributed by atoms with Crippen LogP contribution >= 0.6 is 0 Å². The van der Waals surface area contributed by atoms with Gasteiger partial charge >= 0.3 is 0 Å². The van der Waals surface area contributed by atoms with Crippen LogP contribution in [0.15, 0.2) is 31.0 Å². The molecule has 0 aromatic carbocycles. The molecule has 0 spiro atoms. The van der Waals surface area contributed by atoms with Crippen molar-refractivity contribution in [1.82, 2.24) is 19.7 Å². The molecule has 0 unspecified atom stereocenters. The van der Waals surface area contributed by atoms with E-state index in [1.165, 1.54) is 6.33 Å². The number of aromatic nitrogens is 4. The molecule has 19 heavy (non-hydrogen) atoms. The van der Waals surface area contributed by atoms with Gasteiger partial charge in [0.15, 0.2) is 5.82 Å². The lowest BCUT2D eigenvalue weighted by atomic mass is 9.89. The van der Waals surface area contributed by atoms with Crippen LogP contribution in [0.4, 0.5) is 5.69 Å². The summed E-state index contributed by atoms with van der Waals surface area (Å²) in [5.41, 5.74) is 0.980.